The van der Waals surface area contributed by atoms with E-state index in [4.69, 9.17) is 16.3 Å². The third-order valence-electron chi connectivity index (χ3n) is 4.19. The van der Waals surface area contributed by atoms with Crippen molar-refractivity contribution in [2.45, 2.75) is 19.3 Å². The number of Topliss-reactive ketones (excluding diaryl/α,β-unsaturated/α-hetero) is 1. The van der Waals surface area contributed by atoms with Gasteiger partial charge in [0.1, 0.15) is 0 Å². The summed E-state index contributed by atoms with van der Waals surface area (Å²) in [5.74, 6) is -3.06. The average Bonchev–Trinajstić information content (AvgIpc) is 2.68. The van der Waals surface area contributed by atoms with Crippen molar-refractivity contribution in [2.75, 3.05) is 6.61 Å². The number of hydrogen-bond acceptors (Lipinski definition) is 6. The van der Waals surface area contributed by atoms with Gasteiger partial charge < -0.3 is 4.74 Å². The van der Waals surface area contributed by atoms with Gasteiger partial charge in [-0.1, -0.05) is 23.7 Å². The Balaban J connectivity index is 2.38. The molecule has 2 aromatic carbocycles. The number of benzene rings is 2. The zero-order chi connectivity index (χ0) is 20.7. The molecule has 0 aliphatic carbocycles. The molecular weight excluding hydrogens is 384 g/mol. The summed E-state index contributed by atoms with van der Waals surface area (Å²) in [7, 11) is 0. The number of non-ortho nitro benzene ring substituents is 1. The largest absolute Gasteiger partial charge is 0.465 e. The van der Waals surface area contributed by atoms with Gasteiger partial charge in [0.15, 0.2) is 11.7 Å². The summed E-state index contributed by atoms with van der Waals surface area (Å²) in [6.07, 6.45) is -0.142. The summed E-state index contributed by atoms with van der Waals surface area (Å²) in [4.78, 5) is 35.3. The first-order chi connectivity index (χ1) is 13.4. The maximum absolute atomic E-state index is 12.7. The topological polar surface area (TPSA) is 110 Å². The van der Waals surface area contributed by atoms with Crippen molar-refractivity contribution in [1.29, 1.82) is 5.26 Å². The first-order valence-electron chi connectivity index (χ1n) is 8.46. The van der Waals surface area contributed by atoms with Crippen LogP contribution in [-0.4, -0.2) is 23.3 Å². The molecule has 0 amide bonds. The van der Waals surface area contributed by atoms with Gasteiger partial charge in [-0.2, -0.15) is 5.26 Å². The van der Waals surface area contributed by atoms with Crippen LogP contribution in [0.15, 0.2) is 48.5 Å². The fraction of sp³-hybridized carbons (Fsp3) is 0.250. The van der Waals surface area contributed by atoms with E-state index in [1.807, 2.05) is 6.07 Å². The highest BCUT2D eigenvalue weighted by atomic mass is 35.5. The second-order valence-corrected chi connectivity index (χ2v) is 6.38. The minimum Gasteiger partial charge on any atom is -0.465 e. The van der Waals surface area contributed by atoms with Gasteiger partial charge in [0.25, 0.3) is 5.69 Å². The molecule has 2 rings (SSSR count). The Bertz CT molecular complexity index is 904. The summed E-state index contributed by atoms with van der Waals surface area (Å²) >= 11 is 5.84. The Kier molecular flexibility index (Phi) is 7.24. The number of nitro benzene ring substituents is 1. The molecule has 2 aromatic rings. The Morgan fingerprint density at radius 2 is 1.79 bits per heavy atom. The number of carbonyl (C=O) groups excluding carboxylic acids is 2. The lowest BCUT2D eigenvalue weighted by atomic mass is 9.82. The van der Waals surface area contributed by atoms with E-state index in [2.05, 4.69) is 0 Å². The van der Waals surface area contributed by atoms with Crippen LogP contribution in [0.5, 0.6) is 0 Å². The maximum atomic E-state index is 12.7. The molecule has 0 aliphatic rings. The third kappa shape index (κ3) is 5.15. The zero-order valence-corrected chi connectivity index (χ0v) is 15.8. The number of hydrogen-bond donors (Lipinski definition) is 0. The fourth-order valence-corrected chi connectivity index (χ4v) is 2.89. The summed E-state index contributed by atoms with van der Waals surface area (Å²) < 4.78 is 4.96. The van der Waals surface area contributed by atoms with Gasteiger partial charge in [-0.05, 0) is 36.8 Å². The average molecular weight is 401 g/mol. The van der Waals surface area contributed by atoms with E-state index in [0.717, 1.165) is 0 Å². The quantitative estimate of drug-likeness (QED) is 0.282. The van der Waals surface area contributed by atoms with Crippen LogP contribution < -0.4 is 0 Å². The molecule has 0 aromatic heterocycles. The van der Waals surface area contributed by atoms with Crippen LogP contribution in [0.1, 0.15) is 35.2 Å². The number of rotatable bonds is 8. The minimum atomic E-state index is -1.22. The molecule has 144 valence electrons. The lowest BCUT2D eigenvalue weighted by Gasteiger charge is -2.20. The van der Waals surface area contributed by atoms with Crippen LogP contribution in [-0.2, 0) is 9.53 Å². The van der Waals surface area contributed by atoms with Gasteiger partial charge in [0, 0.05) is 35.1 Å². The fourth-order valence-electron chi connectivity index (χ4n) is 2.76. The predicted octanol–water partition coefficient (Wildman–Crippen LogP) is 4.31. The molecule has 2 unspecified atom stereocenters. The van der Waals surface area contributed by atoms with Crippen LogP contribution in [0, 0.1) is 27.4 Å². The lowest BCUT2D eigenvalue weighted by Crippen LogP contribution is -2.25. The molecule has 0 fully saturated rings. The molecule has 0 radical (unpaired) electrons. The van der Waals surface area contributed by atoms with Crippen LogP contribution in [0.25, 0.3) is 0 Å². The monoisotopic (exact) mass is 400 g/mol. The highest BCUT2D eigenvalue weighted by Gasteiger charge is 2.33. The van der Waals surface area contributed by atoms with E-state index in [9.17, 15) is 25.0 Å². The minimum absolute atomic E-state index is 0.0924. The highest BCUT2D eigenvalue weighted by Crippen LogP contribution is 2.32. The van der Waals surface area contributed by atoms with E-state index in [1.165, 1.54) is 24.3 Å². The molecule has 0 spiro atoms. The number of nitro groups is 1. The Hall–Kier alpha value is -3.24. The molecule has 2 atom stereocenters. The van der Waals surface area contributed by atoms with Gasteiger partial charge >= 0.3 is 5.97 Å². The van der Waals surface area contributed by atoms with E-state index < -0.39 is 22.7 Å². The van der Waals surface area contributed by atoms with Gasteiger partial charge in [-0.25, -0.2) is 0 Å². The molecule has 7 nitrogen and oxygen atoms in total. The predicted molar refractivity (Wildman–Crippen MR) is 102 cm³/mol. The molecule has 0 aliphatic heterocycles. The smallest absolute Gasteiger partial charge is 0.323 e. The standard InChI is InChI=1S/C20H17ClN2O5/c1-2-28-20(25)18(12-22)17(13-5-9-16(10-6-13)23(26)27)11-19(24)14-3-7-15(21)8-4-14/h3-10,17-18H,2,11H2,1H3. The SMILES string of the molecule is CCOC(=O)C(C#N)C(CC(=O)c1ccc(Cl)cc1)c1ccc([N+](=O)[O-])cc1. The first-order valence-corrected chi connectivity index (χ1v) is 8.84. The zero-order valence-electron chi connectivity index (χ0n) is 15.0. The van der Waals surface area contributed by atoms with Crippen LogP contribution in [0.2, 0.25) is 5.02 Å². The van der Waals surface area contributed by atoms with Crippen molar-refractivity contribution in [3.63, 3.8) is 0 Å². The Labute approximate surface area is 166 Å². The van der Waals surface area contributed by atoms with E-state index >= 15 is 0 Å². The number of esters is 1. The van der Waals surface area contributed by atoms with Gasteiger partial charge in [-0.3, -0.25) is 19.7 Å². The number of ether oxygens (including phenoxy) is 1. The maximum Gasteiger partial charge on any atom is 0.323 e. The Morgan fingerprint density at radius 3 is 2.29 bits per heavy atom. The summed E-state index contributed by atoms with van der Waals surface area (Å²) in [6.45, 7) is 1.71. The van der Waals surface area contributed by atoms with Crippen molar-refractivity contribution in [3.8, 4) is 6.07 Å². The first kappa shape index (κ1) is 21.1. The number of ketones is 1. The molecule has 8 heteroatoms. The number of carbonyl (C=O) groups is 2. The van der Waals surface area contributed by atoms with Crippen molar-refractivity contribution >= 4 is 29.0 Å². The van der Waals surface area contributed by atoms with E-state index in [1.54, 1.807) is 31.2 Å². The van der Waals surface area contributed by atoms with Gasteiger partial charge in [0.05, 0.1) is 17.6 Å². The van der Waals surface area contributed by atoms with Crippen LogP contribution in [0.4, 0.5) is 5.69 Å². The molecule has 0 N–H and O–H groups in total. The van der Waals surface area contributed by atoms with Crippen LogP contribution >= 0.6 is 11.6 Å². The molecule has 0 saturated carbocycles. The second-order valence-electron chi connectivity index (χ2n) is 5.95. The number of nitrogens with zero attached hydrogens (tertiary/aromatic N) is 2. The van der Waals surface area contributed by atoms with Crippen molar-refractivity contribution in [3.05, 3.63) is 74.8 Å². The molecule has 0 saturated heterocycles. The van der Waals surface area contributed by atoms with Gasteiger partial charge in [0.2, 0.25) is 0 Å². The second kappa shape index (κ2) is 9.62. The summed E-state index contributed by atoms with van der Waals surface area (Å²) in [6, 6.07) is 13.6. The van der Waals surface area contributed by atoms with Gasteiger partial charge in [-0.15, -0.1) is 0 Å². The molecule has 0 heterocycles. The third-order valence-corrected chi connectivity index (χ3v) is 4.44. The molecular formula is C20H17ClN2O5. The summed E-state index contributed by atoms with van der Waals surface area (Å²) in [5, 5.41) is 20.9. The number of halogens is 1. The number of nitriles is 1. The van der Waals surface area contributed by atoms with Crippen LogP contribution in [0.3, 0.4) is 0 Å². The van der Waals surface area contributed by atoms with Crippen molar-refractivity contribution < 1.29 is 19.2 Å². The van der Waals surface area contributed by atoms with E-state index in [0.29, 0.717) is 16.1 Å². The molecule has 0 bridgehead atoms. The highest BCUT2D eigenvalue weighted by molar-refractivity contribution is 6.30. The normalized spacial score (nSPS) is 12.5. The van der Waals surface area contributed by atoms with E-state index in [-0.39, 0.29) is 24.5 Å². The summed E-state index contributed by atoms with van der Waals surface area (Å²) in [5.41, 5.74) is 0.723. The van der Waals surface area contributed by atoms with Crippen molar-refractivity contribution in [1.82, 2.24) is 0 Å². The molecule has 28 heavy (non-hydrogen) atoms. The van der Waals surface area contributed by atoms with Crippen molar-refractivity contribution in [2.24, 2.45) is 5.92 Å². The Morgan fingerprint density at radius 1 is 1.18 bits per heavy atom. The lowest BCUT2D eigenvalue weighted by molar-refractivity contribution is -0.384.